The van der Waals surface area contributed by atoms with Crippen molar-refractivity contribution in [2.45, 2.75) is 0 Å². The van der Waals surface area contributed by atoms with Crippen molar-refractivity contribution in [3.8, 4) is 0 Å². The zero-order valence-corrected chi connectivity index (χ0v) is 16.4. The number of halogens is 2. The van der Waals surface area contributed by atoms with Crippen LogP contribution in [0.3, 0.4) is 0 Å². The van der Waals surface area contributed by atoms with Crippen LogP contribution in [0.4, 0.5) is 15.8 Å². The molecule has 0 saturated carbocycles. The predicted molar refractivity (Wildman–Crippen MR) is 111 cm³/mol. The molecule has 0 bridgehead atoms. The Morgan fingerprint density at radius 3 is 2.56 bits per heavy atom. The number of nitrogens with zero attached hydrogens (tertiary/aromatic N) is 2. The lowest BCUT2D eigenvalue weighted by atomic mass is 10.2. The Hall–Kier alpha value is -2.22. The number of amides is 1. The number of nitrogens with one attached hydrogen (secondary N) is 2. The minimum absolute atomic E-state index is 0.118. The van der Waals surface area contributed by atoms with Crippen molar-refractivity contribution < 1.29 is 9.18 Å². The molecule has 8 heteroatoms. The SMILES string of the molecule is CN1CCN(c2ccc(NC(=S)NC(=O)c3cccc(F)c3)cc2Cl)CC1. The summed E-state index contributed by atoms with van der Waals surface area (Å²) in [6, 6.07) is 11.0. The molecule has 27 heavy (non-hydrogen) atoms. The molecule has 1 heterocycles. The molecule has 2 N–H and O–H groups in total. The van der Waals surface area contributed by atoms with Crippen molar-refractivity contribution in [2.24, 2.45) is 0 Å². The van der Waals surface area contributed by atoms with Gasteiger partial charge < -0.3 is 15.1 Å². The summed E-state index contributed by atoms with van der Waals surface area (Å²) in [4.78, 5) is 16.6. The van der Waals surface area contributed by atoms with E-state index in [0.29, 0.717) is 10.7 Å². The zero-order chi connectivity index (χ0) is 19.4. The van der Waals surface area contributed by atoms with Gasteiger partial charge in [0.1, 0.15) is 5.82 Å². The van der Waals surface area contributed by atoms with Crippen molar-refractivity contribution in [2.75, 3.05) is 43.4 Å². The highest BCUT2D eigenvalue weighted by atomic mass is 35.5. The van der Waals surface area contributed by atoms with Gasteiger partial charge in [-0.05, 0) is 55.7 Å². The molecule has 0 aromatic heterocycles. The number of carbonyl (C=O) groups is 1. The first-order valence-corrected chi connectivity index (χ1v) is 9.32. The molecule has 2 aromatic rings. The average molecular weight is 407 g/mol. The summed E-state index contributed by atoms with van der Waals surface area (Å²) >= 11 is 11.6. The normalized spacial score (nSPS) is 14.7. The molecule has 1 fully saturated rings. The smallest absolute Gasteiger partial charge is 0.257 e. The monoisotopic (exact) mass is 406 g/mol. The molecule has 1 amide bonds. The van der Waals surface area contributed by atoms with Gasteiger partial charge >= 0.3 is 0 Å². The Labute approximate surface area is 168 Å². The van der Waals surface area contributed by atoms with Gasteiger partial charge in [0.15, 0.2) is 5.11 Å². The third-order valence-electron chi connectivity index (χ3n) is 4.36. The summed E-state index contributed by atoms with van der Waals surface area (Å²) in [6.45, 7) is 3.83. The van der Waals surface area contributed by atoms with Crippen molar-refractivity contribution >= 4 is 46.2 Å². The number of hydrogen-bond acceptors (Lipinski definition) is 4. The summed E-state index contributed by atoms with van der Waals surface area (Å²) in [5, 5.41) is 6.19. The minimum Gasteiger partial charge on any atom is -0.368 e. The molecule has 142 valence electrons. The van der Waals surface area contributed by atoms with Gasteiger partial charge in [-0.1, -0.05) is 17.7 Å². The van der Waals surface area contributed by atoms with Crippen LogP contribution in [-0.2, 0) is 0 Å². The first kappa shape index (κ1) is 19.5. The predicted octanol–water partition coefficient (Wildman–Crippen LogP) is 3.36. The number of hydrogen-bond donors (Lipinski definition) is 2. The van der Waals surface area contributed by atoms with Crippen LogP contribution in [0.25, 0.3) is 0 Å². The number of rotatable bonds is 3. The van der Waals surface area contributed by atoms with Crippen LogP contribution >= 0.6 is 23.8 Å². The van der Waals surface area contributed by atoms with E-state index in [4.69, 9.17) is 23.8 Å². The fourth-order valence-electron chi connectivity index (χ4n) is 2.86. The van der Waals surface area contributed by atoms with Crippen LogP contribution in [-0.4, -0.2) is 49.1 Å². The first-order chi connectivity index (χ1) is 12.9. The third kappa shape index (κ3) is 5.15. The number of likely N-dealkylation sites (N-methyl/N-ethyl adjacent to an activating group) is 1. The van der Waals surface area contributed by atoms with E-state index in [1.807, 2.05) is 12.1 Å². The maximum atomic E-state index is 13.2. The van der Waals surface area contributed by atoms with E-state index in [-0.39, 0.29) is 10.7 Å². The highest BCUT2D eigenvalue weighted by Crippen LogP contribution is 2.29. The van der Waals surface area contributed by atoms with Crippen molar-refractivity contribution in [1.29, 1.82) is 0 Å². The maximum Gasteiger partial charge on any atom is 0.257 e. The molecule has 5 nitrogen and oxygen atoms in total. The van der Waals surface area contributed by atoms with Gasteiger partial charge in [0.2, 0.25) is 0 Å². The number of thiocarbonyl (C=S) groups is 1. The fourth-order valence-corrected chi connectivity index (χ4v) is 3.37. The third-order valence-corrected chi connectivity index (χ3v) is 4.87. The van der Waals surface area contributed by atoms with E-state index in [1.165, 1.54) is 18.2 Å². The number of piperazine rings is 1. The minimum atomic E-state index is -0.479. The van der Waals surface area contributed by atoms with Crippen molar-refractivity contribution in [1.82, 2.24) is 10.2 Å². The topological polar surface area (TPSA) is 47.6 Å². The van der Waals surface area contributed by atoms with E-state index in [0.717, 1.165) is 37.9 Å². The molecule has 3 rings (SSSR count). The molecule has 0 atom stereocenters. The van der Waals surface area contributed by atoms with Gasteiger partial charge in [0.25, 0.3) is 5.91 Å². The van der Waals surface area contributed by atoms with Crippen LogP contribution < -0.4 is 15.5 Å². The average Bonchev–Trinajstić information content (AvgIpc) is 2.63. The Morgan fingerprint density at radius 1 is 1.15 bits per heavy atom. The Kier molecular flexibility index (Phi) is 6.26. The number of benzene rings is 2. The molecule has 2 aromatic carbocycles. The van der Waals surface area contributed by atoms with E-state index in [1.54, 1.807) is 6.07 Å². The molecule has 1 aliphatic heterocycles. The fraction of sp³-hybridized carbons (Fsp3) is 0.263. The van der Waals surface area contributed by atoms with Crippen molar-refractivity contribution in [3.05, 3.63) is 58.9 Å². The molecule has 0 spiro atoms. The zero-order valence-electron chi connectivity index (χ0n) is 14.8. The van der Waals surface area contributed by atoms with Gasteiger partial charge in [-0.25, -0.2) is 4.39 Å². The second kappa shape index (κ2) is 8.65. The van der Waals surface area contributed by atoms with Gasteiger partial charge in [0.05, 0.1) is 10.7 Å². The molecule has 0 unspecified atom stereocenters. The number of anilines is 2. The summed E-state index contributed by atoms with van der Waals surface area (Å²) in [5.41, 5.74) is 1.84. The molecule has 0 aliphatic carbocycles. The second-order valence-electron chi connectivity index (χ2n) is 6.38. The maximum absolute atomic E-state index is 13.2. The Morgan fingerprint density at radius 2 is 1.89 bits per heavy atom. The lowest BCUT2D eigenvalue weighted by molar-refractivity contribution is 0.0977. The molecular formula is C19H20ClFN4OS. The molecule has 0 radical (unpaired) electrons. The second-order valence-corrected chi connectivity index (χ2v) is 7.19. The molecule has 1 aliphatic rings. The van der Waals surface area contributed by atoms with Gasteiger partial charge in [-0.3, -0.25) is 10.1 Å². The summed E-state index contributed by atoms with van der Waals surface area (Å²) in [7, 11) is 2.10. The van der Waals surface area contributed by atoms with Crippen LogP contribution in [0.15, 0.2) is 42.5 Å². The Balaban J connectivity index is 1.61. The summed E-state index contributed by atoms with van der Waals surface area (Å²) in [6.07, 6.45) is 0. The summed E-state index contributed by atoms with van der Waals surface area (Å²) in [5.74, 6) is -0.958. The summed E-state index contributed by atoms with van der Waals surface area (Å²) < 4.78 is 13.2. The highest BCUT2D eigenvalue weighted by Gasteiger charge is 2.17. The van der Waals surface area contributed by atoms with Crippen LogP contribution in [0.2, 0.25) is 5.02 Å². The number of carbonyl (C=O) groups excluding carboxylic acids is 1. The molecular weight excluding hydrogens is 387 g/mol. The van der Waals surface area contributed by atoms with E-state index < -0.39 is 11.7 Å². The Bertz CT molecular complexity index is 855. The van der Waals surface area contributed by atoms with E-state index >= 15 is 0 Å². The van der Waals surface area contributed by atoms with Gasteiger partial charge in [-0.15, -0.1) is 0 Å². The first-order valence-electron chi connectivity index (χ1n) is 8.53. The standard InChI is InChI=1S/C19H20ClFN4OS/c1-24-7-9-25(10-8-24)17-6-5-15(12-16(17)20)22-19(27)23-18(26)13-3-2-4-14(21)11-13/h2-6,11-12H,7-10H2,1H3,(H2,22,23,26,27). The van der Waals surface area contributed by atoms with Gasteiger partial charge in [-0.2, -0.15) is 0 Å². The largest absolute Gasteiger partial charge is 0.368 e. The van der Waals surface area contributed by atoms with Crippen LogP contribution in [0.5, 0.6) is 0 Å². The quantitative estimate of drug-likeness (QED) is 0.765. The lowest BCUT2D eigenvalue weighted by Gasteiger charge is -2.34. The van der Waals surface area contributed by atoms with E-state index in [2.05, 4.69) is 27.5 Å². The lowest BCUT2D eigenvalue weighted by Crippen LogP contribution is -2.44. The van der Waals surface area contributed by atoms with Crippen molar-refractivity contribution in [3.63, 3.8) is 0 Å². The highest BCUT2D eigenvalue weighted by molar-refractivity contribution is 7.80. The van der Waals surface area contributed by atoms with Crippen LogP contribution in [0, 0.1) is 5.82 Å². The molecule has 1 saturated heterocycles. The van der Waals surface area contributed by atoms with E-state index in [9.17, 15) is 9.18 Å². The van der Waals surface area contributed by atoms with Crippen LogP contribution in [0.1, 0.15) is 10.4 Å². The van der Waals surface area contributed by atoms with Gasteiger partial charge in [0, 0.05) is 37.4 Å².